The van der Waals surface area contributed by atoms with Crippen LogP contribution in [0.15, 0.2) is 0 Å². The summed E-state index contributed by atoms with van der Waals surface area (Å²) >= 11 is 0. The standard InChI is InChI=1S/C7H15NO3/c1-2-10-7-3-6(5-9)4-8-11-7/h6-9H,2-5H2,1H3. The van der Waals surface area contributed by atoms with Crippen LogP contribution in [-0.4, -0.2) is 31.2 Å². The number of aliphatic hydroxyl groups excluding tert-OH is 1. The van der Waals surface area contributed by atoms with E-state index in [2.05, 4.69) is 5.48 Å². The highest BCUT2D eigenvalue weighted by atomic mass is 16.8. The lowest BCUT2D eigenvalue weighted by Crippen LogP contribution is -2.40. The van der Waals surface area contributed by atoms with Crippen LogP contribution >= 0.6 is 0 Å². The van der Waals surface area contributed by atoms with Gasteiger partial charge >= 0.3 is 0 Å². The van der Waals surface area contributed by atoms with Gasteiger partial charge < -0.3 is 9.84 Å². The maximum absolute atomic E-state index is 8.83. The Kier molecular flexibility index (Phi) is 3.79. The van der Waals surface area contributed by atoms with Crippen LogP contribution < -0.4 is 5.48 Å². The second kappa shape index (κ2) is 4.66. The van der Waals surface area contributed by atoms with Gasteiger partial charge in [-0.05, 0) is 6.92 Å². The summed E-state index contributed by atoms with van der Waals surface area (Å²) in [5.41, 5.74) is 2.74. The molecule has 2 N–H and O–H groups in total. The molecule has 0 bridgehead atoms. The molecule has 1 rings (SSSR count). The molecule has 0 saturated carbocycles. The van der Waals surface area contributed by atoms with Crippen LogP contribution in [0.3, 0.4) is 0 Å². The maximum atomic E-state index is 8.83. The molecule has 0 radical (unpaired) electrons. The van der Waals surface area contributed by atoms with E-state index in [9.17, 15) is 0 Å². The van der Waals surface area contributed by atoms with Gasteiger partial charge in [0.05, 0.1) is 0 Å². The van der Waals surface area contributed by atoms with Crippen molar-refractivity contribution in [1.82, 2.24) is 5.48 Å². The van der Waals surface area contributed by atoms with E-state index in [4.69, 9.17) is 14.7 Å². The fraction of sp³-hybridized carbons (Fsp3) is 1.00. The van der Waals surface area contributed by atoms with Crippen molar-refractivity contribution in [3.05, 3.63) is 0 Å². The molecule has 0 spiro atoms. The van der Waals surface area contributed by atoms with Gasteiger partial charge in [-0.3, -0.25) is 4.84 Å². The van der Waals surface area contributed by atoms with Crippen molar-refractivity contribution in [3.8, 4) is 0 Å². The number of nitrogens with one attached hydrogen (secondary N) is 1. The van der Waals surface area contributed by atoms with Crippen molar-refractivity contribution in [3.63, 3.8) is 0 Å². The van der Waals surface area contributed by atoms with E-state index in [1.807, 2.05) is 6.92 Å². The summed E-state index contributed by atoms with van der Waals surface area (Å²) in [7, 11) is 0. The lowest BCUT2D eigenvalue weighted by atomic mass is 10.1. The smallest absolute Gasteiger partial charge is 0.177 e. The summed E-state index contributed by atoms with van der Waals surface area (Å²) in [5.74, 6) is 0.264. The molecule has 1 fully saturated rings. The van der Waals surface area contributed by atoms with Crippen molar-refractivity contribution in [1.29, 1.82) is 0 Å². The monoisotopic (exact) mass is 161 g/mol. The SMILES string of the molecule is CCOC1CC(CO)CNO1. The zero-order valence-corrected chi connectivity index (χ0v) is 6.75. The molecule has 2 unspecified atom stereocenters. The first-order valence-corrected chi connectivity index (χ1v) is 3.97. The van der Waals surface area contributed by atoms with E-state index in [1.54, 1.807) is 0 Å². The van der Waals surface area contributed by atoms with Gasteiger partial charge in [-0.2, -0.15) is 5.48 Å². The number of hydrogen-bond donors (Lipinski definition) is 2. The van der Waals surface area contributed by atoms with E-state index >= 15 is 0 Å². The number of rotatable bonds is 3. The number of hydroxylamine groups is 1. The Morgan fingerprint density at radius 2 is 2.55 bits per heavy atom. The zero-order chi connectivity index (χ0) is 8.10. The summed E-state index contributed by atoms with van der Waals surface area (Å²) in [6.45, 7) is 3.47. The maximum Gasteiger partial charge on any atom is 0.177 e. The average Bonchev–Trinajstić information content (AvgIpc) is 2.06. The first-order chi connectivity index (χ1) is 5.36. The lowest BCUT2D eigenvalue weighted by molar-refractivity contribution is -0.211. The predicted molar refractivity (Wildman–Crippen MR) is 39.7 cm³/mol. The fourth-order valence-corrected chi connectivity index (χ4v) is 1.09. The van der Waals surface area contributed by atoms with Gasteiger partial charge in [-0.1, -0.05) is 0 Å². The summed E-state index contributed by atoms with van der Waals surface area (Å²) in [4.78, 5) is 5.07. The Balaban J connectivity index is 2.21. The molecule has 1 heterocycles. The summed E-state index contributed by atoms with van der Waals surface area (Å²) in [5, 5.41) is 8.83. The van der Waals surface area contributed by atoms with Gasteiger partial charge in [0, 0.05) is 32.1 Å². The highest BCUT2D eigenvalue weighted by Crippen LogP contribution is 2.13. The molecular formula is C7H15NO3. The number of hydrogen-bond acceptors (Lipinski definition) is 4. The topological polar surface area (TPSA) is 50.7 Å². The third kappa shape index (κ3) is 2.75. The first-order valence-electron chi connectivity index (χ1n) is 3.97. The minimum Gasteiger partial charge on any atom is -0.396 e. The van der Waals surface area contributed by atoms with E-state index in [0.29, 0.717) is 13.2 Å². The van der Waals surface area contributed by atoms with Gasteiger partial charge in [0.15, 0.2) is 6.29 Å². The quantitative estimate of drug-likeness (QED) is 0.606. The molecule has 0 aromatic carbocycles. The van der Waals surface area contributed by atoms with Gasteiger partial charge in [0.1, 0.15) is 0 Å². The zero-order valence-electron chi connectivity index (χ0n) is 6.75. The van der Waals surface area contributed by atoms with E-state index in [0.717, 1.165) is 6.42 Å². The molecule has 0 amide bonds. The van der Waals surface area contributed by atoms with Gasteiger partial charge in [0.2, 0.25) is 0 Å². The third-order valence-electron chi connectivity index (χ3n) is 1.72. The third-order valence-corrected chi connectivity index (χ3v) is 1.72. The first kappa shape index (κ1) is 8.93. The predicted octanol–water partition coefficient (Wildman–Crippen LogP) is -0.118. The van der Waals surface area contributed by atoms with Crippen molar-refractivity contribution in [2.24, 2.45) is 5.92 Å². The van der Waals surface area contributed by atoms with E-state index in [1.165, 1.54) is 0 Å². The van der Waals surface area contributed by atoms with Gasteiger partial charge in [0.25, 0.3) is 0 Å². The lowest BCUT2D eigenvalue weighted by Gasteiger charge is -2.27. The molecule has 0 aromatic rings. The molecule has 2 atom stereocenters. The Hall–Kier alpha value is -0.160. The van der Waals surface area contributed by atoms with E-state index in [-0.39, 0.29) is 18.8 Å². The summed E-state index contributed by atoms with van der Waals surface area (Å²) in [6, 6.07) is 0. The van der Waals surface area contributed by atoms with Crippen LogP contribution in [0.4, 0.5) is 0 Å². The number of ether oxygens (including phenoxy) is 1. The van der Waals surface area contributed by atoms with E-state index < -0.39 is 0 Å². The largest absolute Gasteiger partial charge is 0.396 e. The van der Waals surface area contributed by atoms with Gasteiger partial charge in [-0.25, -0.2) is 0 Å². The molecule has 66 valence electrons. The molecule has 0 aliphatic carbocycles. The molecule has 1 aliphatic rings. The summed E-state index contributed by atoms with van der Waals surface area (Å²) in [6.07, 6.45) is 0.586. The van der Waals surface area contributed by atoms with Crippen LogP contribution in [0.1, 0.15) is 13.3 Å². The minimum absolute atomic E-state index is 0.189. The number of aliphatic hydroxyl groups is 1. The van der Waals surface area contributed by atoms with Crippen LogP contribution in [0, 0.1) is 5.92 Å². The van der Waals surface area contributed by atoms with Crippen molar-refractivity contribution in [2.45, 2.75) is 19.6 Å². The summed E-state index contributed by atoms with van der Waals surface area (Å²) < 4.78 is 5.22. The molecule has 1 saturated heterocycles. The molecular weight excluding hydrogens is 146 g/mol. The normalized spacial score (nSPS) is 32.2. The second-order valence-electron chi connectivity index (χ2n) is 2.64. The molecule has 1 aliphatic heterocycles. The van der Waals surface area contributed by atoms with Crippen LogP contribution in [0.25, 0.3) is 0 Å². The molecule has 11 heavy (non-hydrogen) atoms. The molecule has 4 heteroatoms. The van der Waals surface area contributed by atoms with Crippen molar-refractivity contribution in [2.75, 3.05) is 19.8 Å². The minimum atomic E-state index is -0.189. The van der Waals surface area contributed by atoms with Crippen LogP contribution in [0.5, 0.6) is 0 Å². The highest BCUT2D eigenvalue weighted by molar-refractivity contribution is 4.64. The fourth-order valence-electron chi connectivity index (χ4n) is 1.09. The molecule has 0 aromatic heterocycles. The average molecular weight is 161 g/mol. The Bertz CT molecular complexity index is 108. The molecule has 4 nitrogen and oxygen atoms in total. The Morgan fingerprint density at radius 1 is 1.73 bits per heavy atom. The van der Waals surface area contributed by atoms with Crippen LogP contribution in [-0.2, 0) is 9.57 Å². The van der Waals surface area contributed by atoms with Crippen LogP contribution in [0.2, 0.25) is 0 Å². The van der Waals surface area contributed by atoms with Crippen molar-refractivity contribution >= 4 is 0 Å². The second-order valence-corrected chi connectivity index (χ2v) is 2.64. The van der Waals surface area contributed by atoms with Crippen molar-refractivity contribution < 1.29 is 14.7 Å². The van der Waals surface area contributed by atoms with Gasteiger partial charge in [-0.15, -0.1) is 0 Å². The Morgan fingerprint density at radius 3 is 3.18 bits per heavy atom. The highest BCUT2D eigenvalue weighted by Gasteiger charge is 2.21. The Labute approximate surface area is 66.4 Å².